The zero-order valence-corrected chi connectivity index (χ0v) is 14.9. The third-order valence-corrected chi connectivity index (χ3v) is 4.17. The van der Waals surface area contributed by atoms with Crippen LogP contribution in [0.15, 0.2) is 42.0 Å². The molecule has 0 atom stereocenters. The van der Waals surface area contributed by atoms with Gasteiger partial charge in [-0.1, -0.05) is 12.0 Å². The summed E-state index contributed by atoms with van der Waals surface area (Å²) in [5, 5.41) is 11.3. The van der Waals surface area contributed by atoms with Gasteiger partial charge in [-0.2, -0.15) is 0 Å². The van der Waals surface area contributed by atoms with Crippen LogP contribution in [0.25, 0.3) is 0 Å². The van der Waals surface area contributed by atoms with Gasteiger partial charge in [0.25, 0.3) is 0 Å². The summed E-state index contributed by atoms with van der Waals surface area (Å²) in [6.45, 7) is 5.13. The molecule has 2 aromatic rings. The molecule has 0 N–H and O–H groups in total. The summed E-state index contributed by atoms with van der Waals surface area (Å²) in [7, 11) is 0. The Morgan fingerprint density at radius 2 is 2.00 bits per heavy atom. The number of hydrogen-bond acceptors (Lipinski definition) is 5. The molecule has 0 aliphatic carbocycles. The third kappa shape index (κ3) is 4.25. The van der Waals surface area contributed by atoms with Crippen LogP contribution in [0, 0.1) is 35.8 Å². The van der Waals surface area contributed by atoms with Crippen molar-refractivity contribution in [3.05, 3.63) is 69.2 Å². The number of nitro groups is 1. The van der Waals surface area contributed by atoms with Gasteiger partial charge in [0, 0.05) is 30.5 Å². The fourth-order valence-corrected chi connectivity index (χ4v) is 2.93. The van der Waals surface area contributed by atoms with Gasteiger partial charge in [-0.05, 0) is 62.5 Å². The van der Waals surface area contributed by atoms with Crippen molar-refractivity contribution in [2.24, 2.45) is 0 Å². The first kappa shape index (κ1) is 17.6. The molecule has 1 saturated heterocycles. The second-order valence-corrected chi connectivity index (χ2v) is 6.31. The average molecular weight is 348 g/mol. The maximum atomic E-state index is 11.3. The SMILES string of the molecule is Cc1cccc(C#C/C=C2/CCCN(c3nc(C)ccc3[N+](=O)[O-])C2)n1. The summed E-state index contributed by atoms with van der Waals surface area (Å²) in [5.41, 5.74) is 3.64. The summed E-state index contributed by atoms with van der Waals surface area (Å²) < 4.78 is 0. The van der Waals surface area contributed by atoms with E-state index in [1.54, 1.807) is 6.07 Å². The Morgan fingerprint density at radius 1 is 1.19 bits per heavy atom. The van der Waals surface area contributed by atoms with Crippen molar-refractivity contribution >= 4 is 11.5 Å². The molecule has 0 aromatic carbocycles. The molecule has 1 aliphatic heterocycles. The van der Waals surface area contributed by atoms with E-state index in [0.29, 0.717) is 12.4 Å². The summed E-state index contributed by atoms with van der Waals surface area (Å²) in [5.74, 6) is 6.55. The number of aryl methyl sites for hydroxylation is 2. The molecule has 26 heavy (non-hydrogen) atoms. The van der Waals surface area contributed by atoms with Crippen LogP contribution in [0.5, 0.6) is 0 Å². The normalized spacial score (nSPS) is 15.5. The Labute approximate surface area is 152 Å². The maximum Gasteiger partial charge on any atom is 0.311 e. The minimum Gasteiger partial charge on any atom is -0.347 e. The number of anilines is 1. The lowest BCUT2D eigenvalue weighted by Crippen LogP contribution is -2.32. The fraction of sp³-hybridized carbons (Fsp3) is 0.300. The van der Waals surface area contributed by atoms with Gasteiger partial charge in [0.05, 0.1) is 4.92 Å². The van der Waals surface area contributed by atoms with Gasteiger partial charge < -0.3 is 4.90 Å². The number of allylic oxidation sites excluding steroid dienone is 1. The Balaban J connectivity index is 1.80. The number of piperidine rings is 1. The second kappa shape index (κ2) is 7.79. The van der Waals surface area contributed by atoms with Gasteiger partial charge in [-0.3, -0.25) is 10.1 Å². The quantitative estimate of drug-likeness (QED) is 0.471. The Bertz CT molecular complexity index is 925. The zero-order chi connectivity index (χ0) is 18.5. The molecule has 0 bridgehead atoms. The minimum atomic E-state index is -0.372. The van der Waals surface area contributed by atoms with Crippen LogP contribution in [0.2, 0.25) is 0 Å². The van der Waals surface area contributed by atoms with Crippen molar-refractivity contribution < 1.29 is 4.92 Å². The average Bonchev–Trinajstić information content (AvgIpc) is 2.62. The van der Waals surface area contributed by atoms with Gasteiger partial charge in [-0.15, -0.1) is 0 Å². The highest BCUT2D eigenvalue weighted by atomic mass is 16.6. The molecule has 0 spiro atoms. The van der Waals surface area contributed by atoms with Gasteiger partial charge in [-0.25, -0.2) is 9.97 Å². The lowest BCUT2D eigenvalue weighted by Gasteiger charge is -2.29. The van der Waals surface area contributed by atoms with Crippen molar-refractivity contribution in [3.63, 3.8) is 0 Å². The molecule has 6 heteroatoms. The number of aromatic nitrogens is 2. The molecule has 2 aromatic heterocycles. The molecule has 1 fully saturated rings. The van der Waals surface area contributed by atoms with Crippen LogP contribution >= 0.6 is 0 Å². The van der Waals surface area contributed by atoms with Crippen LogP contribution in [0.1, 0.15) is 29.9 Å². The molecule has 3 heterocycles. The summed E-state index contributed by atoms with van der Waals surface area (Å²) in [6, 6.07) is 8.95. The summed E-state index contributed by atoms with van der Waals surface area (Å²) >= 11 is 0. The van der Waals surface area contributed by atoms with E-state index in [2.05, 4.69) is 21.8 Å². The number of pyridine rings is 2. The molecule has 0 saturated carbocycles. The van der Waals surface area contributed by atoms with Crippen LogP contribution in [0.4, 0.5) is 11.5 Å². The highest BCUT2D eigenvalue weighted by molar-refractivity contribution is 5.59. The van der Waals surface area contributed by atoms with Crippen LogP contribution in [0.3, 0.4) is 0 Å². The maximum absolute atomic E-state index is 11.3. The first-order valence-electron chi connectivity index (χ1n) is 8.53. The fourth-order valence-electron chi connectivity index (χ4n) is 2.93. The molecule has 6 nitrogen and oxygen atoms in total. The Kier molecular flexibility index (Phi) is 5.28. The van der Waals surface area contributed by atoms with Crippen LogP contribution in [-0.4, -0.2) is 28.0 Å². The molecule has 3 rings (SSSR count). The highest BCUT2D eigenvalue weighted by Gasteiger charge is 2.24. The summed E-state index contributed by atoms with van der Waals surface area (Å²) in [4.78, 5) is 21.7. The topological polar surface area (TPSA) is 72.2 Å². The zero-order valence-electron chi connectivity index (χ0n) is 14.9. The van der Waals surface area contributed by atoms with Crippen LogP contribution in [-0.2, 0) is 0 Å². The molecule has 0 amide bonds. The van der Waals surface area contributed by atoms with E-state index in [1.807, 2.05) is 43.0 Å². The largest absolute Gasteiger partial charge is 0.347 e. The van der Waals surface area contributed by atoms with Gasteiger partial charge in [0.1, 0.15) is 5.69 Å². The molecule has 0 radical (unpaired) electrons. The Morgan fingerprint density at radius 3 is 2.77 bits per heavy atom. The van der Waals surface area contributed by atoms with Gasteiger partial charge >= 0.3 is 5.69 Å². The minimum absolute atomic E-state index is 0.0481. The monoisotopic (exact) mass is 348 g/mol. The lowest BCUT2D eigenvalue weighted by atomic mass is 10.0. The number of nitrogens with zero attached hydrogens (tertiary/aromatic N) is 4. The number of rotatable bonds is 2. The van der Waals surface area contributed by atoms with Crippen LogP contribution < -0.4 is 4.90 Å². The van der Waals surface area contributed by atoms with Crippen molar-refractivity contribution in [3.8, 4) is 11.8 Å². The third-order valence-electron chi connectivity index (χ3n) is 4.17. The standard InChI is InChI=1S/C20H20N4O2/c1-15-6-3-9-18(21-15)10-4-7-17-8-5-13-23(14-17)20-19(24(25)26)12-11-16(2)22-20/h3,6-7,9,11-12H,5,8,13-14H2,1-2H3/b17-7-. The van der Waals surface area contributed by atoms with Crippen molar-refractivity contribution in [2.75, 3.05) is 18.0 Å². The van der Waals surface area contributed by atoms with Gasteiger partial charge in [0.15, 0.2) is 0 Å². The van der Waals surface area contributed by atoms with E-state index < -0.39 is 0 Å². The second-order valence-electron chi connectivity index (χ2n) is 6.31. The van der Waals surface area contributed by atoms with Crippen molar-refractivity contribution in [2.45, 2.75) is 26.7 Å². The van der Waals surface area contributed by atoms with E-state index in [0.717, 1.165) is 42.0 Å². The molecule has 0 unspecified atom stereocenters. The van der Waals surface area contributed by atoms with Crippen molar-refractivity contribution in [1.82, 2.24) is 9.97 Å². The molecule has 1 aliphatic rings. The van der Waals surface area contributed by atoms with E-state index in [4.69, 9.17) is 0 Å². The predicted octanol–water partition coefficient (Wildman–Crippen LogP) is 3.58. The molecular formula is C20H20N4O2. The lowest BCUT2D eigenvalue weighted by molar-refractivity contribution is -0.384. The van der Waals surface area contributed by atoms with E-state index >= 15 is 0 Å². The van der Waals surface area contributed by atoms with Crippen molar-refractivity contribution in [1.29, 1.82) is 0 Å². The Hall–Kier alpha value is -3.20. The predicted molar refractivity (Wildman–Crippen MR) is 101 cm³/mol. The smallest absolute Gasteiger partial charge is 0.311 e. The first-order valence-corrected chi connectivity index (χ1v) is 8.53. The number of hydrogen-bond donors (Lipinski definition) is 0. The molecule has 132 valence electrons. The van der Waals surface area contributed by atoms with Gasteiger partial charge in [0.2, 0.25) is 5.82 Å². The van der Waals surface area contributed by atoms with E-state index in [-0.39, 0.29) is 10.6 Å². The first-order chi connectivity index (χ1) is 12.5. The summed E-state index contributed by atoms with van der Waals surface area (Å²) in [6.07, 6.45) is 3.76. The highest BCUT2D eigenvalue weighted by Crippen LogP contribution is 2.29. The van der Waals surface area contributed by atoms with E-state index in [9.17, 15) is 10.1 Å². The van der Waals surface area contributed by atoms with E-state index in [1.165, 1.54) is 6.07 Å². The molecular weight excluding hydrogens is 328 g/mol.